The Labute approximate surface area is 348 Å². The van der Waals surface area contributed by atoms with Crippen molar-refractivity contribution in [1.82, 2.24) is 0 Å². The summed E-state index contributed by atoms with van der Waals surface area (Å²) >= 11 is 0. The van der Waals surface area contributed by atoms with Gasteiger partial charge in [-0.05, 0) is 44.9 Å². The molecular weight excluding hydrogens is 697 g/mol. The number of unbranched alkanes of at least 4 members (excludes halogenated alkanes) is 32. The number of esters is 3. The van der Waals surface area contributed by atoms with Gasteiger partial charge in [0.05, 0.1) is 0 Å². The van der Waals surface area contributed by atoms with Gasteiger partial charge in [-0.1, -0.05) is 219 Å². The first-order valence-corrected chi connectivity index (χ1v) is 24.7. The molecule has 0 N–H and O–H groups in total. The van der Waals surface area contributed by atoms with E-state index in [1.807, 2.05) is 0 Å². The van der Waals surface area contributed by atoms with E-state index in [4.69, 9.17) is 14.2 Å². The Morgan fingerprint density at radius 3 is 0.911 bits per heavy atom. The number of rotatable bonds is 45. The van der Waals surface area contributed by atoms with E-state index in [9.17, 15) is 14.4 Å². The van der Waals surface area contributed by atoms with E-state index in [2.05, 4.69) is 32.9 Å². The minimum Gasteiger partial charge on any atom is -0.462 e. The number of carbonyl (C=O) groups is 3. The van der Waals surface area contributed by atoms with Gasteiger partial charge >= 0.3 is 17.9 Å². The van der Waals surface area contributed by atoms with Crippen LogP contribution in [0.1, 0.15) is 271 Å². The van der Waals surface area contributed by atoms with Gasteiger partial charge in [-0.2, -0.15) is 0 Å². The summed E-state index contributed by atoms with van der Waals surface area (Å²) in [6, 6.07) is 0. The van der Waals surface area contributed by atoms with Crippen LogP contribution in [0.2, 0.25) is 0 Å². The average molecular weight is 791 g/mol. The summed E-state index contributed by atoms with van der Waals surface area (Å²) in [4.78, 5) is 37.8. The fourth-order valence-corrected chi connectivity index (χ4v) is 7.26. The first kappa shape index (κ1) is 54.2. The van der Waals surface area contributed by atoms with Crippen LogP contribution in [-0.4, -0.2) is 37.2 Å². The van der Waals surface area contributed by atoms with Crippen LogP contribution in [0.15, 0.2) is 12.2 Å². The Morgan fingerprint density at radius 1 is 0.339 bits per heavy atom. The highest BCUT2D eigenvalue weighted by molar-refractivity contribution is 5.71. The second-order valence-electron chi connectivity index (χ2n) is 16.7. The van der Waals surface area contributed by atoms with E-state index in [0.29, 0.717) is 19.3 Å². The van der Waals surface area contributed by atoms with Crippen LogP contribution >= 0.6 is 0 Å². The molecule has 0 bridgehead atoms. The topological polar surface area (TPSA) is 78.9 Å². The highest BCUT2D eigenvalue weighted by Crippen LogP contribution is 2.16. The zero-order valence-corrected chi connectivity index (χ0v) is 37.7. The third kappa shape index (κ3) is 43.3. The average Bonchev–Trinajstić information content (AvgIpc) is 3.19. The van der Waals surface area contributed by atoms with Gasteiger partial charge in [-0.25, -0.2) is 0 Å². The Hall–Kier alpha value is -1.85. The maximum absolute atomic E-state index is 12.7. The van der Waals surface area contributed by atoms with E-state index in [1.54, 1.807) is 0 Å². The van der Waals surface area contributed by atoms with Gasteiger partial charge < -0.3 is 14.2 Å². The predicted octanol–water partition coefficient (Wildman–Crippen LogP) is 15.8. The highest BCUT2D eigenvalue weighted by Gasteiger charge is 2.19. The number of allylic oxidation sites excluding steroid dienone is 2. The number of carbonyl (C=O) groups excluding carboxylic acids is 3. The number of hydrogen-bond acceptors (Lipinski definition) is 6. The Kier molecular flexibility index (Phi) is 44.3. The Bertz CT molecular complexity index is 870. The van der Waals surface area contributed by atoms with Crippen LogP contribution in [0.5, 0.6) is 0 Å². The van der Waals surface area contributed by atoms with Crippen molar-refractivity contribution in [1.29, 1.82) is 0 Å². The van der Waals surface area contributed by atoms with E-state index in [-0.39, 0.29) is 31.1 Å². The van der Waals surface area contributed by atoms with Gasteiger partial charge in [-0.15, -0.1) is 0 Å². The summed E-state index contributed by atoms with van der Waals surface area (Å²) < 4.78 is 16.7. The molecule has 0 fully saturated rings. The summed E-state index contributed by atoms with van der Waals surface area (Å²) in [5.74, 6) is -0.861. The molecular formula is C50H94O6. The summed E-state index contributed by atoms with van der Waals surface area (Å²) in [5, 5.41) is 0. The molecule has 1 atom stereocenters. The maximum atomic E-state index is 12.7. The molecule has 330 valence electrons. The van der Waals surface area contributed by atoms with Crippen LogP contribution in [-0.2, 0) is 28.6 Å². The lowest BCUT2D eigenvalue weighted by Gasteiger charge is -2.18. The van der Waals surface area contributed by atoms with Crippen molar-refractivity contribution in [3.63, 3.8) is 0 Å². The van der Waals surface area contributed by atoms with Crippen molar-refractivity contribution in [2.45, 2.75) is 277 Å². The molecule has 1 unspecified atom stereocenters. The Balaban J connectivity index is 4.30. The molecule has 0 aromatic carbocycles. The Morgan fingerprint density at radius 2 is 0.589 bits per heavy atom. The second kappa shape index (κ2) is 45.8. The van der Waals surface area contributed by atoms with Gasteiger partial charge in [0.25, 0.3) is 0 Å². The molecule has 0 saturated carbocycles. The molecule has 0 saturated heterocycles. The maximum Gasteiger partial charge on any atom is 0.306 e. The van der Waals surface area contributed by atoms with Crippen molar-refractivity contribution < 1.29 is 28.6 Å². The summed E-state index contributed by atoms with van der Waals surface area (Å²) in [5.41, 5.74) is 0. The third-order valence-corrected chi connectivity index (χ3v) is 11.0. The van der Waals surface area contributed by atoms with Gasteiger partial charge in [0.15, 0.2) is 6.10 Å². The minimum atomic E-state index is -0.763. The van der Waals surface area contributed by atoms with Crippen LogP contribution in [0.25, 0.3) is 0 Å². The number of ether oxygens (including phenoxy) is 3. The van der Waals surface area contributed by atoms with E-state index in [0.717, 1.165) is 57.8 Å². The molecule has 0 aliphatic heterocycles. The van der Waals surface area contributed by atoms with Crippen LogP contribution in [0.4, 0.5) is 0 Å². The van der Waals surface area contributed by atoms with Crippen LogP contribution in [0.3, 0.4) is 0 Å². The summed E-state index contributed by atoms with van der Waals surface area (Å²) in [6.45, 7) is 6.63. The first-order valence-electron chi connectivity index (χ1n) is 24.7. The smallest absolute Gasteiger partial charge is 0.306 e. The SMILES string of the molecule is CCCCCC/C=C\CCCCCCCCCC(=O)OCC(COC(=O)CCCCCCCCCCC)OC(=O)CCCCCCCCCCCCCCCC. The van der Waals surface area contributed by atoms with Gasteiger partial charge in [0.2, 0.25) is 0 Å². The van der Waals surface area contributed by atoms with Crippen LogP contribution < -0.4 is 0 Å². The van der Waals surface area contributed by atoms with Crippen molar-refractivity contribution in [2.24, 2.45) is 0 Å². The normalized spacial score (nSPS) is 12.0. The number of hydrogen-bond donors (Lipinski definition) is 0. The standard InChI is InChI=1S/C50H94O6/c1-4-7-10-13-16-19-21-23-25-27-28-31-34-37-40-43-49(52)55-46-47(45-54-48(51)42-39-36-33-30-18-15-12-9-6-3)56-50(53)44-41-38-35-32-29-26-24-22-20-17-14-11-8-5-2/h19,21,47H,4-18,20,22-46H2,1-3H3/b21-19-. The predicted molar refractivity (Wildman–Crippen MR) is 238 cm³/mol. The fraction of sp³-hybridized carbons (Fsp3) is 0.900. The monoisotopic (exact) mass is 791 g/mol. The zero-order valence-electron chi connectivity index (χ0n) is 37.7. The summed E-state index contributed by atoms with van der Waals surface area (Å²) in [6.07, 6.45) is 49.0. The molecule has 0 heterocycles. The minimum absolute atomic E-state index is 0.0667. The van der Waals surface area contributed by atoms with Crippen LogP contribution in [0, 0.1) is 0 Å². The lowest BCUT2D eigenvalue weighted by Crippen LogP contribution is -2.30. The van der Waals surface area contributed by atoms with Crippen molar-refractivity contribution in [2.75, 3.05) is 13.2 Å². The van der Waals surface area contributed by atoms with Gasteiger partial charge in [-0.3, -0.25) is 14.4 Å². The third-order valence-electron chi connectivity index (χ3n) is 11.0. The zero-order chi connectivity index (χ0) is 40.8. The lowest BCUT2D eigenvalue weighted by atomic mass is 10.0. The van der Waals surface area contributed by atoms with Crippen molar-refractivity contribution in [3.8, 4) is 0 Å². The summed E-state index contributed by atoms with van der Waals surface area (Å²) in [7, 11) is 0. The van der Waals surface area contributed by atoms with E-state index >= 15 is 0 Å². The molecule has 0 aliphatic carbocycles. The second-order valence-corrected chi connectivity index (χ2v) is 16.7. The molecule has 0 aromatic heterocycles. The molecule has 0 aliphatic rings. The molecule has 0 amide bonds. The molecule has 0 aromatic rings. The van der Waals surface area contributed by atoms with Gasteiger partial charge in [0, 0.05) is 19.3 Å². The molecule has 0 spiro atoms. The molecule has 0 radical (unpaired) electrons. The molecule has 6 nitrogen and oxygen atoms in total. The molecule has 6 heteroatoms. The largest absolute Gasteiger partial charge is 0.462 e. The molecule has 0 rings (SSSR count). The highest BCUT2D eigenvalue weighted by atomic mass is 16.6. The van der Waals surface area contributed by atoms with E-state index in [1.165, 1.54) is 173 Å². The van der Waals surface area contributed by atoms with Crippen molar-refractivity contribution >= 4 is 17.9 Å². The molecule has 56 heavy (non-hydrogen) atoms. The fourth-order valence-electron chi connectivity index (χ4n) is 7.26. The van der Waals surface area contributed by atoms with E-state index < -0.39 is 6.10 Å². The quantitative estimate of drug-likeness (QED) is 0.0264. The van der Waals surface area contributed by atoms with Crippen molar-refractivity contribution in [3.05, 3.63) is 12.2 Å². The first-order chi connectivity index (χ1) is 27.5. The lowest BCUT2D eigenvalue weighted by molar-refractivity contribution is -0.167. The van der Waals surface area contributed by atoms with Gasteiger partial charge in [0.1, 0.15) is 13.2 Å².